The molecule has 0 saturated heterocycles. The van der Waals surface area contributed by atoms with Crippen molar-refractivity contribution in [2.75, 3.05) is 13.7 Å². The Kier molecular flexibility index (Phi) is 4.43. The molecule has 0 amide bonds. The van der Waals surface area contributed by atoms with Crippen molar-refractivity contribution in [2.45, 2.75) is 26.4 Å². The van der Waals surface area contributed by atoms with E-state index in [-0.39, 0.29) is 0 Å². The highest BCUT2D eigenvalue weighted by atomic mass is 16.5. The third-order valence-corrected chi connectivity index (χ3v) is 2.21. The van der Waals surface area contributed by atoms with E-state index in [1.165, 1.54) is 0 Å². The van der Waals surface area contributed by atoms with Crippen LogP contribution in [0.4, 0.5) is 0 Å². The fourth-order valence-corrected chi connectivity index (χ4v) is 1.38. The van der Waals surface area contributed by atoms with E-state index in [2.05, 4.69) is 0 Å². The van der Waals surface area contributed by atoms with Crippen LogP contribution in [0.25, 0.3) is 0 Å². The van der Waals surface area contributed by atoms with Crippen LogP contribution in [0.15, 0.2) is 35.3 Å². The molecular weight excluding hydrogens is 192 g/mol. The van der Waals surface area contributed by atoms with E-state index in [0.717, 1.165) is 17.1 Å². The smallest absolute Gasteiger partial charge is 0.103 e. The Balaban J connectivity index is 2.89. The third-order valence-electron chi connectivity index (χ3n) is 2.21. The first kappa shape index (κ1) is 11.9. The molecule has 3 nitrogen and oxygen atoms in total. The van der Waals surface area contributed by atoms with Crippen LogP contribution in [0.2, 0.25) is 0 Å². The van der Waals surface area contributed by atoms with Crippen LogP contribution in [0.3, 0.4) is 0 Å². The van der Waals surface area contributed by atoms with Gasteiger partial charge in [-0.2, -0.15) is 0 Å². The van der Waals surface area contributed by atoms with Gasteiger partial charge in [0.1, 0.15) is 11.5 Å². The maximum atomic E-state index is 9.49. The van der Waals surface area contributed by atoms with Gasteiger partial charge in [0.05, 0.1) is 26.2 Å². The minimum Gasteiger partial charge on any atom is -0.501 e. The monoisotopic (exact) mass is 210 g/mol. The van der Waals surface area contributed by atoms with Gasteiger partial charge in [0.25, 0.3) is 0 Å². The zero-order valence-electron chi connectivity index (χ0n) is 9.49. The second kappa shape index (κ2) is 5.61. The molecule has 0 bridgehead atoms. The molecule has 1 unspecified atom stereocenters. The number of rotatable bonds is 4. The summed E-state index contributed by atoms with van der Waals surface area (Å²) in [5.41, 5.74) is 0.835. The molecule has 0 aromatic heterocycles. The normalized spacial score (nSPS) is 18.3. The maximum absolute atomic E-state index is 9.49. The SMILES string of the molecule is CCOC1=CC=C(C(C)O)C=C(OC)C1. The number of allylic oxidation sites excluding steroid dienone is 2. The average Bonchev–Trinajstić information content (AvgIpc) is 2.41. The molecule has 0 aliphatic heterocycles. The van der Waals surface area contributed by atoms with Gasteiger partial charge in [-0.15, -0.1) is 0 Å². The Morgan fingerprint density at radius 2 is 2.13 bits per heavy atom. The number of methoxy groups -OCH3 is 1. The van der Waals surface area contributed by atoms with Crippen LogP contribution in [0, 0.1) is 0 Å². The van der Waals surface area contributed by atoms with Crippen molar-refractivity contribution < 1.29 is 14.6 Å². The van der Waals surface area contributed by atoms with Gasteiger partial charge >= 0.3 is 0 Å². The molecule has 0 aromatic rings. The van der Waals surface area contributed by atoms with Gasteiger partial charge in [0, 0.05) is 0 Å². The molecule has 0 fully saturated rings. The molecule has 1 atom stereocenters. The molecule has 1 N–H and O–H groups in total. The molecule has 0 aromatic carbocycles. The van der Waals surface area contributed by atoms with Crippen LogP contribution in [0.1, 0.15) is 20.3 Å². The van der Waals surface area contributed by atoms with Gasteiger partial charge in [0.2, 0.25) is 0 Å². The first-order valence-electron chi connectivity index (χ1n) is 5.13. The molecule has 0 spiro atoms. The Bertz CT molecular complexity index is 298. The lowest BCUT2D eigenvalue weighted by Gasteiger charge is -2.09. The van der Waals surface area contributed by atoms with Crippen LogP contribution in [0.5, 0.6) is 0 Å². The van der Waals surface area contributed by atoms with Crippen LogP contribution in [-0.2, 0) is 9.47 Å². The first-order chi connectivity index (χ1) is 7.17. The molecule has 1 rings (SSSR count). The molecule has 1 aliphatic carbocycles. The van der Waals surface area contributed by atoms with E-state index in [0.29, 0.717) is 13.0 Å². The second-order valence-electron chi connectivity index (χ2n) is 3.40. The zero-order valence-corrected chi connectivity index (χ0v) is 9.49. The van der Waals surface area contributed by atoms with Crippen LogP contribution >= 0.6 is 0 Å². The highest BCUT2D eigenvalue weighted by Gasteiger charge is 2.10. The maximum Gasteiger partial charge on any atom is 0.103 e. The van der Waals surface area contributed by atoms with Crippen molar-refractivity contribution in [1.82, 2.24) is 0 Å². The largest absolute Gasteiger partial charge is 0.501 e. The van der Waals surface area contributed by atoms with E-state index in [1.807, 2.05) is 25.2 Å². The molecule has 0 heterocycles. The predicted molar refractivity (Wildman–Crippen MR) is 59.2 cm³/mol. The predicted octanol–water partition coefficient (Wildman–Crippen LogP) is 2.15. The lowest BCUT2D eigenvalue weighted by Crippen LogP contribution is -2.02. The number of ether oxygens (including phenoxy) is 2. The molecule has 3 heteroatoms. The van der Waals surface area contributed by atoms with E-state index in [9.17, 15) is 5.11 Å². The van der Waals surface area contributed by atoms with Gasteiger partial charge in [-0.05, 0) is 31.6 Å². The van der Waals surface area contributed by atoms with Crippen molar-refractivity contribution in [3.05, 3.63) is 35.3 Å². The zero-order chi connectivity index (χ0) is 11.3. The quantitative estimate of drug-likeness (QED) is 0.772. The van der Waals surface area contributed by atoms with Crippen molar-refractivity contribution in [1.29, 1.82) is 0 Å². The minimum atomic E-state index is -0.493. The molecular formula is C12H18O3. The molecule has 84 valence electrons. The number of aliphatic hydroxyl groups is 1. The highest BCUT2D eigenvalue weighted by Crippen LogP contribution is 2.20. The van der Waals surface area contributed by atoms with Crippen molar-refractivity contribution >= 4 is 0 Å². The molecule has 1 aliphatic rings. The summed E-state index contributed by atoms with van der Waals surface area (Å²) in [4.78, 5) is 0. The Hall–Kier alpha value is -1.22. The number of aliphatic hydroxyl groups excluding tert-OH is 1. The Labute approximate surface area is 90.7 Å². The summed E-state index contributed by atoms with van der Waals surface area (Å²) in [5, 5.41) is 9.49. The van der Waals surface area contributed by atoms with E-state index >= 15 is 0 Å². The lowest BCUT2D eigenvalue weighted by atomic mass is 10.1. The van der Waals surface area contributed by atoms with E-state index in [1.54, 1.807) is 14.0 Å². The molecule has 15 heavy (non-hydrogen) atoms. The highest BCUT2D eigenvalue weighted by molar-refractivity contribution is 5.33. The van der Waals surface area contributed by atoms with E-state index in [4.69, 9.17) is 9.47 Å². The molecule has 0 radical (unpaired) electrons. The van der Waals surface area contributed by atoms with Gasteiger partial charge < -0.3 is 14.6 Å². The summed E-state index contributed by atoms with van der Waals surface area (Å²) >= 11 is 0. The second-order valence-corrected chi connectivity index (χ2v) is 3.40. The van der Waals surface area contributed by atoms with Gasteiger partial charge in [-0.1, -0.05) is 6.08 Å². The van der Waals surface area contributed by atoms with Crippen molar-refractivity contribution in [3.8, 4) is 0 Å². The van der Waals surface area contributed by atoms with Gasteiger partial charge in [-0.25, -0.2) is 0 Å². The van der Waals surface area contributed by atoms with Crippen molar-refractivity contribution in [2.24, 2.45) is 0 Å². The minimum absolute atomic E-state index is 0.493. The van der Waals surface area contributed by atoms with Crippen LogP contribution < -0.4 is 0 Å². The lowest BCUT2D eigenvalue weighted by molar-refractivity contribution is 0.202. The number of hydrogen-bond donors (Lipinski definition) is 1. The third kappa shape index (κ3) is 3.44. The summed E-state index contributed by atoms with van der Waals surface area (Å²) in [6.07, 6.45) is 5.74. The summed E-state index contributed by atoms with van der Waals surface area (Å²) in [6.45, 7) is 4.32. The summed E-state index contributed by atoms with van der Waals surface area (Å²) in [7, 11) is 1.63. The summed E-state index contributed by atoms with van der Waals surface area (Å²) in [6, 6.07) is 0. The van der Waals surface area contributed by atoms with Crippen molar-refractivity contribution in [3.63, 3.8) is 0 Å². The number of hydrogen-bond acceptors (Lipinski definition) is 3. The summed E-state index contributed by atoms with van der Waals surface area (Å²) in [5.74, 6) is 1.67. The standard InChI is InChI=1S/C12H18O3/c1-4-15-11-6-5-10(9(2)13)7-12(8-11)14-3/h5-7,9,13H,4,8H2,1-3H3. The first-order valence-corrected chi connectivity index (χ1v) is 5.13. The topological polar surface area (TPSA) is 38.7 Å². The Morgan fingerprint density at radius 3 is 2.67 bits per heavy atom. The summed E-state index contributed by atoms with van der Waals surface area (Å²) < 4.78 is 10.7. The average molecular weight is 210 g/mol. The van der Waals surface area contributed by atoms with Gasteiger partial charge in [0.15, 0.2) is 0 Å². The fourth-order valence-electron chi connectivity index (χ4n) is 1.38. The van der Waals surface area contributed by atoms with Crippen LogP contribution in [-0.4, -0.2) is 24.9 Å². The van der Waals surface area contributed by atoms with Gasteiger partial charge in [-0.3, -0.25) is 0 Å². The fraction of sp³-hybridized carbons (Fsp3) is 0.500. The Morgan fingerprint density at radius 1 is 1.40 bits per heavy atom. The van der Waals surface area contributed by atoms with E-state index < -0.39 is 6.10 Å². The molecule has 0 saturated carbocycles.